The van der Waals surface area contributed by atoms with Gasteiger partial charge in [0.25, 0.3) is 0 Å². The molecule has 4 nitrogen and oxygen atoms in total. The summed E-state index contributed by atoms with van der Waals surface area (Å²) in [5, 5.41) is 0. The zero-order valence-corrected chi connectivity index (χ0v) is 10.0. The molecule has 1 heterocycles. The van der Waals surface area contributed by atoms with Crippen molar-refractivity contribution in [1.29, 1.82) is 0 Å². The zero-order valence-electron chi connectivity index (χ0n) is 8.43. The molecule has 0 spiro atoms. The van der Waals surface area contributed by atoms with Gasteiger partial charge in [-0.05, 0) is 21.5 Å². The second kappa shape index (κ2) is 4.94. The number of nitrogen functional groups attached to an aromatic ring is 1. The Hall–Kier alpha value is -1.62. The number of ether oxygens (including phenoxy) is 1. The van der Waals surface area contributed by atoms with Crippen LogP contribution < -0.4 is 10.5 Å². The summed E-state index contributed by atoms with van der Waals surface area (Å²) in [5.74, 6) is 0.653. The minimum atomic E-state index is 0.192. The molecule has 0 fully saturated rings. The molecule has 0 saturated carbocycles. The molecule has 82 valence electrons. The third kappa shape index (κ3) is 2.93. The topological polar surface area (TPSA) is 61.0 Å². The van der Waals surface area contributed by atoms with Crippen molar-refractivity contribution in [2.75, 3.05) is 5.73 Å². The van der Waals surface area contributed by atoms with E-state index in [0.29, 0.717) is 17.1 Å². The van der Waals surface area contributed by atoms with E-state index in [1.54, 1.807) is 6.07 Å². The minimum Gasteiger partial charge on any atom is -0.473 e. The molecular weight excluding hydrogens is 270 g/mol. The summed E-state index contributed by atoms with van der Waals surface area (Å²) in [6.45, 7) is 0.462. The largest absolute Gasteiger partial charge is 0.473 e. The smallest absolute Gasteiger partial charge is 0.224 e. The summed E-state index contributed by atoms with van der Waals surface area (Å²) in [6, 6.07) is 11.5. The Morgan fingerprint density at radius 2 is 1.94 bits per heavy atom. The Bertz CT molecular complexity index is 456. The first-order valence-corrected chi connectivity index (χ1v) is 5.50. The van der Waals surface area contributed by atoms with Crippen molar-refractivity contribution in [3.63, 3.8) is 0 Å². The van der Waals surface area contributed by atoms with Crippen LogP contribution in [0.2, 0.25) is 0 Å². The summed E-state index contributed by atoms with van der Waals surface area (Å²) in [6.07, 6.45) is 0. The predicted molar refractivity (Wildman–Crippen MR) is 64.9 cm³/mol. The third-order valence-corrected chi connectivity index (χ3v) is 2.32. The number of aromatic nitrogens is 2. The molecular formula is C11H10BrN3O. The maximum atomic E-state index is 5.50. The van der Waals surface area contributed by atoms with Crippen molar-refractivity contribution in [3.05, 3.63) is 46.6 Å². The highest BCUT2D eigenvalue weighted by Gasteiger charge is 2.01. The third-order valence-electron chi connectivity index (χ3n) is 1.92. The van der Waals surface area contributed by atoms with Crippen LogP contribution in [0.1, 0.15) is 5.56 Å². The van der Waals surface area contributed by atoms with Gasteiger partial charge in [-0.2, -0.15) is 4.98 Å². The van der Waals surface area contributed by atoms with Crippen molar-refractivity contribution >= 4 is 21.9 Å². The van der Waals surface area contributed by atoms with Gasteiger partial charge < -0.3 is 10.5 Å². The molecule has 2 rings (SSSR count). The molecule has 5 heteroatoms. The Labute approximate surface area is 102 Å². The number of nitrogens with zero attached hydrogens (tertiary/aromatic N) is 2. The molecule has 2 aromatic rings. The quantitative estimate of drug-likeness (QED) is 0.877. The van der Waals surface area contributed by atoms with Gasteiger partial charge in [-0.25, -0.2) is 4.98 Å². The highest BCUT2D eigenvalue weighted by atomic mass is 79.9. The molecule has 0 unspecified atom stereocenters. The van der Waals surface area contributed by atoms with Gasteiger partial charge in [0, 0.05) is 6.07 Å². The van der Waals surface area contributed by atoms with Crippen LogP contribution in [0.3, 0.4) is 0 Å². The number of benzene rings is 1. The molecule has 0 radical (unpaired) electrons. The van der Waals surface area contributed by atoms with Gasteiger partial charge in [-0.1, -0.05) is 30.3 Å². The van der Waals surface area contributed by atoms with Crippen molar-refractivity contribution in [2.45, 2.75) is 6.61 Å². The number of hydrogen-bond donors (Lipinski definition) is 1. The lowest BCUT2D eigenvalue weighted by molar-refractivity contribution is 0.293. The standard InChI is InChI=1S/C11H10BrN3O/c12-9-6-10(15-11(13)14-9)16-7-8-4-2-1-3-5-8/h1-6H,7H2,(H2,13,14,15). The van der Waals surface area contributed by atoms with Crippen LogP contribution in [0.5, 0.6) is 5.88 Å². The first-order valence-electron chi connectivity index (χ1n) is 4.71. The molecule has 0 aliphatic carbocycles. The van der Waals surface area contributed by atoms with E-state index in [4.69, 9.17) is 10.5 Å². The van der Waals surface area contributed by atoms with E-state index in [2.05, 4.69) is 25.9 Å². The normalized spacial score (nSPS) is 10.1. The molecule has 1 aromatic carbocycles. The first kappa shape index (κ1) is 10.9. The highest BCUT2D eigenvalue weighted by molar-refractivity contribution is 9.10. The summed E-state index contributed by atoms with van der Waals surface area (Å²) in [4.78, 5) is 7.86. The van der Waals surface area contributed by atoms with Gasteiger partial charge in [0.2, 0.25) is 11.8 Å². The molecule has 2 N–H and O–H groups in total. The predicted octanol–water partition coefficient (Wildman–Crippen LogP) is 2.40. The van der Waals surface area contributed by atoms with Crippen molar-refractivity contribution in [1.82, 2.24) is 9.97 Å². The fraction of sp³-hybridized carbons (Fsp3) is 0.0909. The molecule has 0 amide bonds. The SMILES string of the molecule is Nc1nc(Br)cc(OCc2ccccc2)n1. The number of nitrogens with two attached hydrogens (primary N) is 1. The van der Waals surface area contributed by atoms with Gasteiger partial charge in [0.05, 0.1) is 0 Å². The lowest BCUT2D eigenvalue weighted by Crippen LogP contribution is -2.01. The monoisotopic (exact) mass is 279 g/mol. The lowest BCUT2D eigenvalue weighted by Gasteiger charge is -2.05. The van der Waals surface area contributed by atoms with Crippen molar-refractivity contribution in [3.8, 4) is 5.88 Å². The van der Waals surface area contributed by atoms with Crippen LogP contribution in [0.4, 0.5) is 5.95 Å². The minimum absolute atomic E-state index is 0.192. The van der Waals surface area contributed by atoms with Crippen molar-refractivity contribution in [2.24, 2.45) is 0 Å². The van der Waals surface area contributed by atoms with Crippen LogP contribution >= 0.6 is 15.9 Å². The number of halogens is 1. The molecule has 0 bridgehead atoms. The van der Waals surface area contributed by atoms with Gasteiger partial charge in [-0.3, -0.25) is 0 Å². The fourth-order valence-electron chi connectivity index (χ4n) is 1.22. The zero-order chi connectivity index (χ0) is 11.4. The Morgan fingerprint density at radius 1 is 1.19 bits per heavy atom. The Balaban J connectivity index is 2.05. The fourth-order valence-corrected chi connectivity index (χ4v) is 1.60. The summed E-state index contributed by atoms with van der Waals surface area (Å²) >= 11 is 3.23. The van der Waals surface area contributed by atoms with Crippen LogP contribution in [0.15, 0.2) is 41.0 Å². The average molecular weight is 280 g/mol. The maximum absolute atomic E-state index is 5.50. The summed E-state index contributed by atoms with van der Waals surface area (Å²) in [7, 11) is 0. The van der Waals surface area contributed by atoms with Gasteiger partial charge in [0.1, 0.15) is 11.2 Å². The molecule has 0 aliphatic heterocycles. The molecule has 1 aromatic heterocycles. The van der Waals surface area contributed by atoms with Gasteiger partial charge in [0.15, 0.2) is 0 Å². The van der Waals surface area contributed by atoms with Crippen LogP contribution in [-0.4, -0.2) is 9.97 Å². The van der Waals surface area contributed by atoms with Gasteiger partial charge >= 0.3 is 0 Å². The Kier molecular flexibility index (Phi) is 3.36. The van der Waals surface area contributed by atoms with Crippen LogP contribution in [0.25, 0.3) is 0 Å². The van der Waals surface area contributed by atoms with Crippen LogP contribution in [-0.2, 0) is 6.61 Å². The highest BCUT2D eigenvalue weighted by Crippen LogP contribution is 2.16. The summed E-state index contributed by atoms with van der Waals surface area (Å²) in [5.41, 5.74) is 6.58. The molecule has 0 atom stereocenters. The van der Waals surface area contributed by atoms with E-state index in [9.17, 15) is 0 Å². The van der Waals surface area contributed by atoms with E-state index >= 15 is 0 Å². The van der Waals surface area contributed by atoms with E-state index in [1.165, 1.54) is 0 Å². The van der Waals surface area contributed by atoms with E-state index in [1.807, 2.05) is 30.3 Å². The van der Waals surface area contributed by atoms with Crippen molar-refractivity contribution < 1.29 is 4.74 Å². The summed E-state index contributed by atoms with van der Waals surface area (Å²) < 4.78 is 6.11. The first-order chi connectivity index (χ1) is 7.74. The van der Waals surface area contributed by atoms with E-state index in [0.717, 1.165) is 5.56 Å². The van der Waals surface area contributed by atoms with E-state index in [-0.39, 0.29) is 5.95 Å². The van der Waals surface area contributed by atoms with Crippen LogP contribution in [0, 0.1) is 0 Å². The second-order valence-corrected chi connectivity index (χ2v) is 3.97. The van der Waals surface area contributed by atoms with E-state index < -0.39 is 0 Å². The maximum Gasteiger partial charge on any atom is 0.224 e. The van der Waals surface area contributed by atoms with Gasteiger partial charge in [-0.15, -0.1) is 0 Å². The Morgan fingerprint density at radius 3 is 2.62 bits per heavy atom. The number of hydrogen-bond acceptors (Lipinski definition) is 4. The average Bonchev–Trinajstić information content (AvgIpc) is 2.27. The second-order valence-electron chi connectivity index (χ2n) is 3.16. The number of anilines is 1. The lowest BCUT2D eigenvalue weighted by atomic mass is 10.2. The molecule has 0 aliphatic rings. The number of rotatable bonds is 3. The molecule has 16 heavy (non-hydrogen) atoms. The molecule has 0 saturated heterocycles.